The van der Waals surface area contributed by atoms with E-state index in [0.717, 1.165) is 25.7 Å². The zero-order chi connectivity index (χ0) is 25.7. The first-order valence-corrected chi connectivity index (χ1v) is 18.5. The number of carbonyl (C=O) groups is 2. The Hall–Kier alpha value is -0.138. The third-order valence-corrected chi connectivity index (χ3v) is 9.20. The van der Waals surface area contributed by atoms with Crippen LogP contribution in [0.25, 0.3) is 0 Å². The van der Waals surface area contributed by atoms with Crippen molar-refractivity contribution in [1.29, 1.82) is 0 Å². The van der Waals surface area contributed by atoms with Crippen molar-refractivity contribution in [2.45, 2.75) is 181 Å². The summed E-state index contributed by atoms with van der Waals surface area (Å²) in [7, 11) is 0. The summed E-state index contributed by atoms with van der Waals surface area (Å²) in [6, 6.07) is 0. The minimum Gasteiger partial charge on any atom is -0.0654 e. The maximum atomic E-state index is 11.8. The monoisotopic (exact) mass is 690 g/mol. The molecule has 0 aliphatic carbocycles. The molecule has 0 rings (SSSR count). The Kier molecular flexibility index (Phi) is 30.0. The van der Waals surface area contributed by atoms with Gasteiger partial charge in [-0.3, -0.25) is 0 Å². The second-order valence-electron chi connectivity index (χ2n) is 10.3. The fourth-order valence-electron chi connectivity index (χ4n) is 4.44. The molecule has 0 aliphatic rings. The van der Waals surface area contributed by atoms with Crippen molar-refractivity contribution >= 4 is 37.1 Å². The van der Waals surface area contributed by atoms with E-state index < -0.39 is 25.1 Å². The molecule has 0 heterocycles. The van der Waals surface area contributed by atoms with Crippen LogP contribution in [0.4, 0.5) is 0 Å². The molecule has 0 atom stereocenters. The van der Waals surface area contributed by atoms with Crippen LogP contribution in [0.1, 0.15) is 181 Å². The summed E-state index contributed by atoms with van der Waals surface area (Å²) in [5.41, 5.74) is 0. The van der Waals surface area contributed by atoms with Crippen molar-refractivity contribution < 1.29 is 15.0 Å². The van der Waals surface area contributed by atoms with Gasteiger partial charge in [0.15, 0.2) is 0 Å². The summed E-state index contributed by atoms with van der Waals surface area (Å²) in [6.45, 7) is 4.53. The Morgan fingerprint density at radius 1 is 0.400 bits per heavy atom. The molecule has 0 bridgehead atoms. The average Bonchev–Trinajstić information content (AvgIpc) is 2.85. The second-order valence-corrected chi connectivity index (χ2v) is 12.5. The van der Waals surface area contributed by atoms with E-state index in [-0.39, 0.29) is 11.9 Å². The van der Waals surface area contributed by atoms with Gasteiger partial charge in [-0.2, -0.15) is 0 Å². The van der Waals surface area contributed by atoms with Crippen LogP contribution in [0.2, 0.25) is 0 Å². The Bertz CT molecular complexity index is 416. The molecule has 0 unspecified atom stereocenters. The molecule has 0 aliphatic heterocycles. The van der Waals surface area contributed by atoms with Gasteiger partial charge < -0.3 is 0 Å². The number of hydrogen-bond donors (Lipinski definition) is 0. The maximum absolute atomic E-state index is 11.8. The summed E-state index contributed by atoms with van der Waals surface area (Å²) < 4.78 is 10.5. The Morgan fingerprint density at radius 2 is 0.629 bits per heavy atom. The van der Waals surface area contributed by atoms with Crippen LogP contribution >= 0.6 is 0 Å². The SMILES string of the molecule is CCCCCCCCCCCCCCC(=O)[O][Pb][O]C(=O)CCCCCCCCCCCCCC. The summed E-state index contributed by atoms with van der Waals surface area (Å²) in [5, 5.41) is 0. The summed E-state index contributed by atoms with van der Waals surface area (Å²) >= 11 is -2.02. The number of rotatable bonds is 28. The van der Waals surface area contributed by atoms with Crippen LogP contribution in [0.15, 0.2) is 0 Å². The van der Waals surface area contributed by atoms with E-state index in [1.54, 1.807) is 0 Å². The molecule has 2 radical (unpaired) electrons. The fourth-order valence-corrected chi connectivity index (χ4v) is 6.11. The molecule has 5 heteroatoms. The molecule has 0 N–H and O–H groups in total. The van der Waals surface area contributed by atoms with E-state index in [2.05, 4.69) is 13.8 Å². The van der Waals surface area contributed by atoms with E-state index in [0.29, 0.717) is 12.8 Å². The molecule has 4 nitrogen and oxygen atoms in total. The Balaban J connectivity index is 3.28. The molecule has 0 fully saturated rings. The van der Waals surface area contributed by atoms with Crippen LogP contribution in [0.5, 0.6) is 0 Å². The zero-order valence-electron chi connectivity index (χ0n) is 23.5. The van der Waals surface area contributed by atoms with Crippen LogP contribution in [0, 0.1) is 0 Å². The molecule has 206 valence electrons. The molecular formula is C30H58O4Pb. The number of unbranched alkanes of at least 4 members (excludes halogenated alkanes) is 22. The molecule has 35 heavy (non-hydrogen) atoms. The fraction of sp³-hybridized carbons (Fsp3) is 0.933. The minimum absolute atomic E-state index is 0.168. The number of carbonyl (C=O) groups excluding carboxylic acids is 2. The molecule has 0 aromatic carbocycles. The van der Waals surface area contributed by atoms with E-state index in [1.165, 1.54) is 128 Å². The molecule has 0 amide bonds. The first kappa shape index (κ1) is 34.9. The summed E-state index contributed by atoms with van der Waals surface area (Å²) in [4.78, 5) is 23.6. The summed E-state index contributed by atoms with van der Waals surface area (Å²) in [5.74, 6) is -0.336. The van der Waals surface area contributed by atoms with Crippen molar-refractivity contribution in [1.82, 2.24) is 0 Å². The van der Waals surface area contributed by atoms with E-state index in [4.69, 9.17) is 5.37 Å². The third kappa shape index (κ3) is 30.0. The third-order valence-electron chi connectivity index (χ3n) is 6.78. The van der Waals surface area contributed by atoms with Gasteiger partial charge in [-0.05, 0) is 0 Å². The molecule has 0 saturated carbocycles. The van der Waals surface area contributed by atoms with E-state index >= 15 is 0 Å². The second kappa shape index (κ2) is 30.1. The molecule has 0 aromatic heterocycles. The van der Waals surface area contributed by atoms with Gasteiger partial charge in [-0.25, -0.2) is 0 Å². The van der Waals surface area contributed by atoms with Crippen LogP contribution in [-0.2, 0) is 15.0 Å². The predicted octanol–water partition coefficient (Wildman–Crippen LogP) is 9.79. The van der Waals surface area contributed by atoms with E-state index in [1.807, 2.05) is 0 Å². The van der Waals surface area contributed by atoms with Crippen LogP contribution in [0.3, 0.4) is 0 Å². The van der Waals surface area contributed by atoms with Gasteiger partial charge in [-0.1, -0.05) is 52.4 Å². The zero-order valence-corrected chi connectivity index (χ0v) is 27.4. The molecule has 0 spiro atoms. The first-order chi connectivity index (χ1) is 17.2. The van der Waals surface area contributed by atoms with Crippen molar-refractivity contribution in [3.05, 3.63) is 0 Å². The van der Waals surface area contributed by atoms with Gasteiger partial charge in [0.25, 0.3) is 0 Å². The number of hydrogen-bond acceptors (Lipinski definition) is 4. The smallest absolute Gasteiger partial charge is 0.0654 e. The van der Waals surface area contributed by atoms with E-state index in [9.17, 15) is 9.59 Å². The first-order valence-electron chi connectivity index (χ1n) is 15.3. The normalized spacial score (nSPS) is 11.0. The Morgan fingerprint density at radius 3 is 0.886 bits per heavy atom. The van der Waals surface area contributed by atoms with Crippen molar-refractivity contribution in [3.8, 4) is 0 Å². The molecule has 0 aromatic rings. The van der Waals surface area contributed by atoms with Crippen LogP contribution < -0.4 is 0 Å². The van der Waals surface area contributed by atoms with Crippen molar-refractivity contribution in [3.63, 3.8) is 0 Å². The standard InChI is InChI=1S/2C15H30O2.Pb/c2*1-2-3-4-5-6-7-8-9-10-11-12-13-14-15(16)17;/h2*2-14H2,1H3,(H,16,17);/q;;+2/p-2. The van der Waals surface area contributed by atoms with Gasteiger partial charge in [0.1, 0.15) is 0 Å². The van der Waals surface area contributed by atoms with Gasteiger partial charge in [-0.15, -0.1) is 0 Å². The topological polar surface area (TPSA) is 52.6 Å². The van der Waals surface area contributed by atoms with Gasteiger partial charge in [0.05, 0.1) is 0 Å². The minimum atomic E-state index is -2.02. The Labute approximate surface area is 232 Å². The van der Waals surface area contributed by atoms with Crippen molar-refractivity contribution in [2.24, 2.45) is 0 Å². The predicted molar refractivity (Wildman–Crippen MR) is 149 cm³/mol. The van der Waals surface area contributed by atoms with Crippen LogP contribution in [-0.4, -0.2) is 37.1 Å². The summed E-state index contributed by atoms with van der Waals surface area (Å²) in [6.07, 6.45) is 31.8. The van der Waals surface area contributed by atoms with Gasteiger partial charge in [0.2, 0.25) is 0 Å². The average molecular weight is 690 g/mol. The quantitative estimate of drug-likeness (QED) is 0.0607. The van der Waals surface area contributed by atoms with Gasteiger partial charge in [0, 0.05) is 0 Å². The molecular weight excluding hydrogens is 632 g/mol. The van der Waals surface area contributed by atoms with Gasteiger partial charge >= 0.3 is 180 Å². The van der Waals surface area contributed by atoms with Crippen molar-refractivity contribution in [2.75, 3.05) is 0 Å². The molecule has 0 saturated heterocycles.